The molecule has 0 radical (unpaired) electrons. The molecule has 164 valence electrons. The molecule has 3 rings (SSSR count). The zero-order chi connectivity index (χ0) is 21.9. The molecule has 2 aromatic rings. The average Bonchev–Trinajstić information content (AvgIpc) is 3.20. The number of pyridine rings is 1. The number of carbonyl (C=O) groups excluding carboxylic acids is 1. The van der Waals surface area contributed by atoms with Crippen LogP contribution in [0.5, 0.6) is 0 Å². The van der Waals surface area contributed by atoms with Gasteiger partial charge in [0.15, 0.2) is 0 Å². The lowest BCUT2D eigenvalue weighted by Crippen LogP contribution is -3.14. The first-order valence-corrected chi connectivity index (χ1v) is 12.1. The zero-order valence-electron chi connectivity index (χ0n) is 17.8. The maximum atomic E-state index is 13.0. The van der Waals surface area contributed by atoms with E-state index in [0.29, 0.717) is 31.2 Å². The Hall–Kier alpha value is -2.23. The Bertz CT molecular complexity index is 1080. The number of quaternary nitrogens is 1. The van der Waals surface area contributed by atoms with Crippen molar-refractivity contribution in [2.45, 2.75) is 44.6 Å². The van der Waals surface area contributed by atoms with E-state index in [1.807, 2.05) is 0 Å². The summed E-state index contributed by atoms with van der Waals surface area (Å²) in [4.78, 5) is 30.1. The molecule has 9 heteroatoms. The van der Waals surface area contributed by atoms with Crippen LogP contribution in [-0.2, 0) is 10.0 Å². The van der Waals surface area contributed by atoms with Gasteiger partial charge in [0.1, 0.15) is 11.6 Å². The van der Waals surface area contributed by atoms with Gasteiger partial charge >= 0.3 is 0 Å². The molecular weight excluding hydrogens is 404 g/mol. The number of nitrogens with one attached hydrogen (secondary N) is 3. The van der Waals surface area contributed by atoms with Crippen LogP contribution in [0.4, 0.5) is 0 Å². The molecule has 2 unspecified atom stereocenters. The SMILES string of the molecule is CCN(CC)S(=O)(=O)c1ccc2[nH]cc(C(=O)NCC3CCC[NH+]3CC)c(=O)c2c1. The highest BCUT2D eigenvalue weighted by atomic mass is 32.2. The number of hydrogen-bond donors (Lipinski definition) is 3. The fraction of sp³-hybridized carbons (Fsp3) is 0.524. The monoisotopic (exact) mass is 435 g/mol. The highest BCUT2D eigenvalue weighted by molar-refractivity contribution is 7.89. The van der Waals surface area contributed by atoms with Gasteiger partial charge < -0.3 is 15.2 Å². The van der Waals surface area contributed by atoms with Crippen molar-refractivity contribution in [1.82, 2.24) is 14.6 Å². The summed E-state index contributed by atoms with van der Waals surface area (Å²) in [5, 5.41) is 3.08. The van der Waals surface area contributed by atoms with Gasteiger partial charge in [-0.3, -0.25) is 9.59 Å². The molecule has 30 heavy (non-hydrogen) atoms. The van der Waals surface area contributed by atoms with E-state index in [4.69, 9.17) is 0 Å². The summed E-state index contributed by atoms with van der Waals surface area (Å²) >= 11 is 0. The Labute approximate surface area is 177 Å². The zero-order valence-corrected chi connectivity index (χ0v) is 18.6. The molecule has 0 saturated carbocycles. The van der Waals surface area contributed by atoms with E-state index in [9.17, 15) is 18.0 Å². The molecule has 1 fully saturated rings. The number of carbonyl (C=O) groups is 1. The third-order valence-corrected chi connectivity index (χ3v) is 8.08. The first-order chi connectivity index (χ1) is 14.3. The lowest BCUT2D eigenvalue weighted by Gasteiger charge is -2.20. The number of rotatable bonds is 8. The smallest absolute Gasteiger partial charge is 0.256 e. The van der Waals surface area contributed by atoms with Crippen LogP contribution in [0, 0.1) is 0 Å². The predicted octanol–water partition coefficient (Wildman–Crippen LogP) is 0.356. The van der Waals surface area contributed by atoms with Crippen molar-refractivity contribution >= 4 is 26.8 Å². The van der Waals surface area contributed by atoms with E-state index in [1.165, 1.54) is 27.5 Å². The molecule has 1 aliphatic rings. The second kappa shape index (κ2) is 9.28. The highest BCUT2D eigenvalue weighted by Gasteiger charge is 2.28. The fourth-order valence-electron chi connectivity index (χ4n) is 4.25. The minimum Gasteiger partial charge on any atom is -0.360 e. The van der Waals surface area contributed by atoms with Gasteiger partial charge in [-0.2, -0.15) is 4.31 Å². The summed E-state index contributed by atoms with van der Waals surface area (Å²) in [5.74, 6) is -0.433. The molecule has 1 aromatic carbocycles. The lowest BCUT2D eigenvalue weighted by atomic mass is 10.1. The van der Waals surface area contributed by atoms with E-state index in [2.05, 4.69) is 17.2 Å². The summed E-state index contributed by atoms with van der Waals surface area (Å²) < 4.78 is 27.0. The van der Waals surface area contributed by atoms with Gasteiger partial charge in [0.05, 0.1) is 24.5 Å². The van der Waals surface area contributed by atoms with Crippen molar-refractivity contribution in [3.05, 3.63) is 40.2 Å². The Morgan fingerprint density at radius 1 is 1.27 bits per heavy atom. The third-order valence-electron chi connectivity index (χ3n) is 6.03. The Kier molecular flexibility index (Phi) is 6.95. The van der Waals surface area contributed by atoms with Crippen LogP contribution < -0.4 is 15.6 Å². The minimum atomic E-state index is -3.70. The number of amides is 1. The van der Waals surface area contributed by atoms with Crippen molar-refractivity contribution in [2.75, 3.05) is 32.7 Å². The molecule has 1 saturated heterocycles. The number of hydrogen-bond acceptors (Lipinski definition) is 4. The van der Waals surface area contributed by atoms with Crippen LogP contribution >= 0.6 is 0 Å². The number of benzene rings is 1. The second-order valence-electron chi connectivity index (χ2n) is 7.64. The number of H-pyrrole nitrogens is 1. The van der Waals surface area contributed by atoms with Crippen molar-refractivity contribution in [3.63, 3.8) is 0 Å². The topological polar surface area (TPSA) is 104 Å². The summed E-state index contributed by atoms with van der Waals surface area (Å²) in [6.07, 6.45) is 3.60. The molecule has 0 bridgehead atoms. The van der Waals surface area contributed by atoms with E-state index in [0.717, 1.165) is 25.9 Å². The van der Waals surface area contributed by atoms with Gasteiger partial charge in [-0.15, -0.1) is 0 Å². The van der Waals surface area contributed by atoms with Crippen LogP contribution in [0.2, 0.25) is 0 Å². The third kappa shape index (κ3) is 4.28. The second-order valence-corrected chi connectivity index (χ2v) is 9.58. The lowest BCUT2D eigenvalue weighted by molar-refractivity contribution is -0.909. The van der Waals surface area contributed by atoms with Gasteiger partial charge in [0.25, 0.3) is 5.91 Å². The summed E-state index contributed by atoms with van der Waals surface area (Å²) in [6.45, 7) is 8.99. The van der Waals surface area contributed by atoms with Crippen molar-refractivity contribution < 1.29 is 18.1 Å². The van der Waals surface area contributed by atoms with Gasteiger partial charge in [-0.25, -0.2) is 8.42 Å². The first-order valence-electron chi connectivity index (χ1n) is 10.6. The van der Waals surface area contributed by atoms with Crippen LogP contribution in [0.15, 0.2) is 34.1 Å². The van der Waals surface area contributed by atoms with Crippen molar-refractivity contribution in [2.24, 2.45) is 0 Å². The number of nitrogens with zero attached hydrogens (tertiary/aromatic N) is 1. The molecule has 1 aromatic heterocycles. The average molecular weight is 436 g/mol. The van der Waals surface area contributed by atoms with Gasteiger partial charge in [0.2, 0.25) is 15.5 Å². The van der Waals surface area contributed by atoms with E-state index in [1.54, 1.807) is 19.9 Å². The maximum Gasteiger partial charge on any atom is 0.256 e. The van der Waals surface area contributed by atoms with Gasteiger partial charge in [-0.05, 0) is 25.1 Å². The number of sulfonamides is 1. The molecule has 1 amide bonds. The number of likely N-dealkylation sites (N-methyl/N-ethyl adjacent to an activating group) is 1. The normalized spacial score (nSPS) is 19.5. The molecule has 8 nitrogen and oxygen atoms in total. The minimum absolute atomic E-state index is 0.00377. The van der Waals surface area contributed by atoms with Crippen LogP contribution in [-0.4, -0.2) is 62.4 Å². The summed E-state index contributed by atoms with van der Waals surface area (Å²) in [6, 6.07) is 4.77. The maximum absolute atomic E-state index is 13.0. The Balaban J connectivity index is 1.89. The molecule has 1 aliphatic heterocycles. The van der Waals surface area contributed by atoms with E-state index >= 15 is 0 Å². The molecule has 2 atom stereocenters. The number of aromatic amines is 1. The predicted molar refractivity (Wildman–Crippen MR) is 116 cm³/mol. The number of likely N-dealkylation sites (tertiary alicyclic amines) is 1. The molecule has 0 spiro atoms. The summed E-state index contributed by atoms with van der Waals surface area (Å²) in [7, 11) is -3.70. The van der Waals surface area contributed by atoms with Crippen LogP contribution in [0.1, 0.15) is 44.0 Å². The van der Waals surface area contributed by atoms with Crippen molar-refractivity contribution in [3.8, 4) is 0 Å². The Morgan fingerprint density at radius 3 is 2.67 bits per heavy atom. The van der Waals surface area contributed by atoms with Gasteiger partial charge in [-0.1, -0.05) is 13.8 Å². The Morgan fingerprint density at radius 2 is 2.00 bits per heavy atom. The standard InChI is InChI=1S/C21H30N4O4S/c1-4-24-11-7-8-15(24)13-23-21(27)18-14-22-19-10-9-16(12-17(19)20(18)26)30(28,29)25(5-2)6-3/h9-10,12,14-15H,4-8,11,13H2,1-3H3,(H,22,26)(H,23,27)/p+1. The quantitative estimate of drug-likeness (QED) is 0.557. The first kappa shape index (κ1) is 22.5. The molecule has 2 heterocycles. The van der Waals surface area contributed by atoms with Crippen LogP contribution in [0.25, 0.3) is 10.9 Å². The molecular formula is C21H31N4O4S+. The van der Waals surface area contributed by atoms with E-state index < -0.39 is 21.4 Å². The van der Waals surface area contributed by atoms with Crippen LogP contribution in [0.3, 0.4) is 0 Å². The molecule has 3 N–H and O–H groups in total. The number of fused-ring (bicyclic) bond motifs is 1. The highest BCUT2D eigenvalue weighted by Crippen LogP contribution is 2.19. The fourth-order valence-corrected chi connectivity index (χ4v) is 5.73. The summed E-state index contributed by atoms with van der Waals surface area (Å²) in [5.41, 5.74) is 0.0207. The largest absolute Gasteiger partial charge is 0.360 e. The number of aromatic nitrogens is 1. The molecule has 0 aliphatic carbocycles. The van der Waals surface area contributed by atoms with Gasteiger partial charge in [0, 0.05) is 43.0 Å². The van der Waals surface area contributed by atoms with Crippen molar-refractivity contribution in [1.29, 1.82) is 0 Å². The van der Waals surface area contributed by atoms with E-state index in [-0.39, 0.29) is 15.8 Å².